The van der Waals surface area contributed by atoms with Crippen molar-refractivity contribution in [2.24, 2.45) is 14.1 Å². The first-order chi connectivity index (χ1) is 12.5. The second-order valence-electron chi connectivity index (χ2n) is 6.13. The fraction of sp³-hybridized carbons (Fsp3) is 0.562. The molecule has 26 heavy (non-hydrogen) atoms. The molecule has 3 aromatic rings. The monoisotopic (exact) mass is 361 g/mol. The van der Waals surface area contributed by atoms with E-state index >= 15 is 0 Å². The third kappa shape index (κ3) is 3.19. The van der Waals surface area contributed by atoms with Gasteiger partial charge < -0.3 is 9.09 Å². The zero-order chi connectivity index (χ0) is 18.8. The van der Waals surface area contributed by atoms with E-state index in [0.717, 1.165) is 17.7 Å². The highest BCUT2D eigenvalue weighted by atomic mass is 16.5. The minimum absolute atomic E-state index is 0.365. The summed E-state index contributed by atoms with van der Waals surface area (Å²) in [6.07, 6.45) is 2.06. The highest BCUT2D eigenvalue weighted by molar-refractivity contribution is 5.69. The van der Waals surface area contributed by atoms with Crippen LogP contribution in [-0.2, 0) is 33.6 Å². The predicted octanol–water partition coefficient (Wildman–Crippen LogP) is -0.0988. The molecule has 0 fully saturated rings. The molecule has 0 atom stereocenters. The van der Waals surface area contributed by atoms with E-state index < -0.39 is 5.69 Å². The minimum Gasteiger partial charge on any atom is -0.338 e. The molecular formula is C16H23N7O3. The lowest BCUT2D eigenvalue weighted by Gasteiger charge is -2.14. The zero-order valence-corrected chi connectivity index (χ0v) is 15.5. The molecule has 3 rings (SSSR count). The van der Waals surface area contributed by atoms with Crippen molar-refractivity contribution >= 4 is 11.2 Å². The highest BCUT2D eigenvalue weighted by Gasteiger charge is 2.15. The van der Waals surface area contributed by atoms with Crippen molar-refractivity contribution in [2.75, 3.05) is 13.1 Å². The summed E-state index contributed by atoms with van der Waals surface area (Å²) in [4.78, 5) is 35.2. The lowest BCUT2D eigenvalue weighted by atomic mass is 10.4. The molecule has 0 unspecified atom stereocenters. The molecule has 0 saturated heterocycles. The summed E-state index contributed by atoms with van der Waals surface area (Å²) in [7, 11) is 3.06. The number of aryl methyl sites for hydroxylation is 3. The zero-order valence-electron chi connectivity index (χ0n) is 15.5. The normalized spacial score (nSPS) is 11.7. The fourth-order valence-electron chi connectivity index (χ4n) is 2.88. The summed E-state index contributed by atoms with van der Waals surface area (Å²) in [6.45, 7) is 7.08. The first kappa shape index (κ1) is 18.1. The molecule has 140 valence electrons. The average Bonchev–Trinajstić information content (AvgIpc) is 3.27. The van der Waals surface area contributed by atoms with E-state index in [-0.39, 0.29) is 5.56 Å². The van der Waals surface area contributed by atoms with Gasteiger partial charge in [-0.25, -0.2) is 9.78 Å². The van der Waals surface area contributed by atoms with Crippen LogP contribution in [0.15, 0.2) is 20.4 Å². The van der Waals surface area contributed by atoms with Gasteiger partial charge in [-0.15, -0.1) is 0 Å². The van der Waals surface area contributed by atoms with Gasteiger partial charge >= 0.3 is 5.69 Å². The number of nitrogens with zero attached hydrogens (tertiary/aromatic N) is 7. The maximum Gasteiger partial charge on any atom is 0.332 e. The van der Waals surface area contributed by atoms with E-state index in [1.165, 1.54) is 11.6 Å². The van der Waals surface area contributed by atoms with Gasteiger partial charge in [-0.2, -0.15) is 4.98 Å². The summed E-state index contributed by atoms with van der Waals surface area (Å²) in [6, 6.07) is 0. The summed E-state index contributed by atoms with van der Waals surface area (Å²) < 4.78 is 9.46. The maximum atomic E-state index is 12.4. The van der Waals surface area contributed by atoms with Crippen molar-refractivity contribution in [3.63, 3.8) is 0 Å². The quantitative estimate of drug-likeness (QED) is 0.579. The summed E-state index contributed by atoms with van der Waals surface area (Å²) >= 11 is 0. The molecular weight excluding hydrogens is 338 g/mol. The van der Waals surface area contributed by atoms with E-state index in [4.69, 9.17) is 4.52 Å². The Morgan fingerprint density at radius 2 is 1.88 bits per heavy atom. The molecule has 0 amide bonds. The van der Waals surface area contributed by atoms with Crippen LogP contribution in [0.3, 0.4) is 0 Å². The fourth-order valence-corrected chi connectivity index (χ4v) is 2.88. The van der Waals surface area contributed by atoms with Crippen molar-refractivity contribution in [1.82, 2.24) is 33.7 Å². The minimum atomic E-state index is -0.396. The van der Waals surface area contributed by atoms with Gasteiger partial charge in [-0.3, -0.25) is 18.8 Å². The van der Waals surface area contributed by atoms with Gasteiger partial charge in [0.15, 0.2) is 17.0 Å². The van der Waals surface area contributed by atoms with Gasteiger partial charge in [0.25, 0.3) is 5.56 Å². The summed E-state index contributed by atoms with van der Waals surface area (Å²) in [5.41, 5.74) is -0.00205. The number of aromatic nitrogens is 6. The van der Waals surface area contributed by atoms with Crippen LogP contribution in [0.4, 0.5) is 0 Å². The van der Waals surface area contributed by atoms with Crippen molar-refractivity contribution in [2.45, 2.75) is 33.4 Å². The van der Waals surface area contributed by atoms with Crippen LogP contribution in [0.25, 0.3) is 11.2 Å². The van der Waals surface area contributed by atoms with Crippen LogP contribution in [0, 0.1) is 0 Å². The number of imidazole rings is 1. The maximum absolute atomic E-state index is 12.4. The number of fused-ring (bicyclic) bond motifs is 1. The van der Waals surface area contributed by atoms with Crippen molar-refractivity contribution in [3.05, 3.63) is 38.9 Å². The number of rotatable bonds is 7. The highest BCUT2D eigenvalue weighted by Crippen LogP contribution is 2.08. The van der Waals surface area contributed by atoms with Crippen LogP contribution >= 0.6 is 0 Å². The van der Waals surface area contributed by atoms with Gasteiger partial charge in [0.05, 0.1) is 12.9 Å². The van der Waals surface area contributed by atoms with Crippen LogP contribution in [0.5, 0.6) is 0 Å². The first-order valence-corrected chi connectivity index (χ1v) is 8.60. The second-order valence-corrected chi connectivity index (χ2v) is 6.13. The van der Waals surface area contributed by atoms with Gasteiger partial charge in [-0.1, -0.05) is 19.0 Å². The van der Waals surface area contributed by atoms with E-state index in [9.17, 15) is 9.59 Å². The molecule has 0 aromatic carbocycles. The molecule has 0 bridgehead atoms. The van der Waals surface area contributed by atoms with Gasteiger partial charge in [0.1, 0.15) is 0 Å². The number of hydrogen-bond donors (Lipinski definition) is 0. The predicted molar refractivity (Wildman–Crippen MR) is 94.8 cm³/mol. The third-order valence-corrected chi connectivity index (χ3v) is 4.56. The van der Waals surface area contributed by atoms with Crippen LogP contribution in [0.2, 0.25) is 0 Å². The first-order valence-electron chi connectivity index (χ1n) is 8.60. The van der Waals surface area contributed by atoms with Crippen molar-refractivity contribution in [3.8, 4) is 0 Å². The molecule has 0 N–H and O–H groups in total. The lowest BCUT2D eigenvalue weighted by Crippen LogP contribution is -2.37. The van der Waals surface area contributed by atoms with Crippen molar-refractivity contribution in [1.29, 1.82) is 0 Å². The molecule has 0 spiro atoms. The SMILES string of the molecule is CCN(CC)Cc1nc(CCn2cnc3c2c(=O)n(C)c(=O)n3C)no1. The molecule has 0 aliphatic carbocycles. The van der Waals surface area contributed by atoms with Crippen LogP contribution < -0.4 is 11.2 Å². The second kappa shape index (κ2) is 7.24. The molecule has 10 nitrogen and oxygen atoms in total. The number of hydrogen-bond acceptors (Lipinski definition) is 7. The van der Waals surface area contributed by atoms with E-state index in [0.29, 0.717) is 42.4 Å². The summed E-state index contributed by atoms with van der Waals surface area (Å²) in [5, 5.41) is 4.00. The Morgan fingerprint density at radius 1 is 1.15 bits per heavy atom. The Balaban J connectivity index is 1.80. The largest absolute Gasteiger partial charge is 0.338 e. The molecule has 0 aliphatic heterocycles. The van der Waals surface area contributed by atoms with E-state index in [2.05, 4.69) is 33.9 Å². The Morgan fingerprint density at radius 3 is 2.58 bits per heavy atom. The Hall–Kier alpha value is -2.75. The molecule has 10 heteroatoms. The third-order valence-electron chi connectivity index (χ3n) is 4.56. The van der Waals surface area contributed by atoms with Gasteiger partial charge in [0.2, 0.25) is 5.89 Å². The van der Waals surface area contributed by atoms with E-state index in [1.807, 2.05) is 0 Å². The molecule has 3 heterocycles. The summed E-state index contributed by atoms with van der Waals surface area (Å²) in [5.74, 6) is 1.16. The van der Waals surface area contributed by atoms with Gasteiger partial charge in [-0.05, 0) is 13.1 Å². The van der Waals surface area contributed by atoms with Crippen molar-refractivity contribution < 1.29 is 4.52 Å². The standard InChI is InChI=1S/C16H23N7O3/c1-5-22(6-2)9-12-18-11(19-26-12)7-8-23-10-17-14-13(23)15(24)21(4)16(25)20(14)3/h10H,5-9H2,1-4H3. The lowest BCUT2D eigenvalue weighted by molar-refractivity contribution is 0.246. The Labute approximate surface area is 149 Å². The Kier molecular flexibility index (Phi) is 5.03. The van der Waals surface area contributed by atoms with E-state index in [1.54, 1.807) is 17.9 Å². The molecule has 0 radical (unpaired) electrons. The molecule has 3 aromatic heterocycles. The topological polar surface area (TPSA) is 104 Å². The molecule has 0 saturated carbocycles. The van der Waals surface area contributed by atoms with Crippen LogP contribution in [-0.4, -0.2) is 46.8 Å². The van der Waals surface area contributed by atoms with Crippen LogP contribution in [0.1, 0.15) is 25.6 Å². The smallest absolute Gasteiger partial charge is 0.332 e. The Bertz CT molecular complexity index is 1020. The average molecular weight is 361 g/mol. The van der Waals surface area contributed by atoms with Gasteiger partial charge in [0, 0.05) is 27.1 Å². The molecule has 0 aliphatic rings.